The van der Waals surface area contributed by atoms with Gasteiger partial charge in [0.05, 0.1) is 12.6 Å². The maximum absolute atomic E-state index is 13.3. The molecule has 3 aromatic rings. The quantitative estimate of drug-likeness (QED) is 0.470. The first-order chi connectivity index (χ1) is 17.9. The highest BCUT2D eigenvalue weighted by Gasteiger charge is 2.35. The Morgan fingerprint density at radius 2 is 1.89 bits per heavy atom. The molecule has 1 aromatic carbocycles. The molecule has 11 heteroatoms. The van der Waals surface area contributed by atoms with Gasteiger partial charge in [-0.25, -0.2) is 13.4 Å². The fraction of sp³-hybridized carbons (Fsp3) is 0.407. The van der Waals surface area contributed by atoms with Crippen LogP contribution in [0.2, 0.25) is 0 Å². The van der Waals surface area contributed by atoms with E-state index in [1.54, 1.807) is 30.3 Å². The Bertz CT molecular complexity index is 1400. The van der Waals surface area contributed by atoms with Crippen LogP contribution in [0.5, 0.6) is 0 Å². The number of hydrogen-bond donors (Lipinski definition) is 2. The molecule has 1 aliphatic heterocycles. The van der Waals surface area contributed by atoms with Gasteiger partial charge in [-0.1, -0.05) is 45.0 Å². The zero-order valence-electron chi connectivity index (χ0n) is 21.6. The molecule has 1 unspecified atom stereocenters. The standard InChI is InChI=1S/C27H32N4O6S/c1-27(2,3)16-20(30-26(34)23-15-18-9-4-5-11-22(18)37-23)25(33)29-19-10-8-14-31(17-21(19)32)38(35,36)24-12-6-7-13-28-24/h4-7,9,11-13,15,19-20H,8,10,14,16-17H2,1-3H3,(H,29,33)(H,30,34)/t19?,20-/m0/s1. The minimum absolute atomic E-state index is 0.0822. The van der Waals surface area contributed by atoms with Crippen LogP contribution in [0.25, 0.3) is 11.0 Å². The van der Waals surface area contributed by atoms with Gasteiger partial charge in [0.2, 0.25) is 5.91 Å². The van der Waals surface area contributed by atoms with Crippen LogP contribution in [0, 0.1) is 5.41 Å². The molecular formula is C27H32N4O6S. The lowest BCUT2D eigenvalue weighted by Gasteiger charge is -2.27. The van der Waals surface area contributed by atoms with Crippen molar-refractivity contribution in [3.8, 4) is 0 Å². The van der Waals surface area contributed by atoms with Gasteiger partial charge < -0.3 is 15.1 Å². The van der Waals surface area contributed by atoms with E-state index in [0.29, 0.717) is 18.4 Å². The van der Waals surface area contributed by atoms with Gasteiger partial charge in [-0.3, -0.25) is 14.4 Å². The molecule has 10 nitrogen and oxygen atoms in total. The highest BCUT2D eigenvalue weighted by Crippen LogP contribution is 2.23. The van der Waals surface area contributed by atoms with E-state index >= 15 is 0 Å². The van der Waals surface area contributed by atoms with Crippen LogP contribution in [-0.4, -0.2) is 60.5 Å². The van der Waals surface area contributed by atoms with Gasteiger partial charge in [-0.2, -0.15) is 4.31 Å². The van der Waals surface area contributed by atoms with Crippen LogP contribution >= 0.6 is 0 Å². The van der Waals surface area contributed by atoms with E-state index in [1.165, 1.54) is 12.3 Å². The highest BCUT2D eigenvalue weighted by molar-refractivity contribution is 7.89. The third-order valence-corrected chi connectivity index (χ3v) is 8.03. The molecule has 38 heavy (non-hydrogen) atoms. The van der Waals surface area contributed by atoms with Gasteiger partial charge in [0.15, 0.2) is 16.6 Å². The smallest absolute Gasteiger partial charge is 0.287 e. The van der Waals surface area contributed by atoms with E-state index in [4.69, 9.17) is 4.42 Å². The molecule has 0 saturated carbocycles. The molecule has 2 atom stereocenters. The largest absolute Gasteiger partial charge is 0.451 e. The van der Waals surface area contributed by atoms with Crippen molar-refractivity contribution in [2.75, 3.05) is 13.1 Å². The summed E-state index contributed by atoms with van der Waals surface area (Å²) >= 11 is 0. The summed E-state index contributed by atoms with van der Waals surface area (Å²) in [6, 6.07) is 11.6. The van der Waals surface area contributed by atoms with Crippen molar-refractivity contribution in [1.29, 1.82) is 0 Å². The van der Waals surface area contributed by atoms with Gasteiger partial charge in [0.25, 0.3) is 15.9 Å². The first-order valence-corrected chi connectivity index (χ1v) is 13.9. The van der Waals surface area contributed by atoms with Crippen LogP contribution in [0.3, 0.4) is 0 Å². The average molecular weight is 541 g/mol. The van der Waals surface area contributed by atoms with E-state index in [2.05, 4.69) is 15.6 Å². The van der Waals surface area contributed by atoms with E-state index in [9.17, 15) is 22.8 Å². The number of ketones is 1. The second-order valence-corrected chi connectivity index (χ2v) is 12.5. The molecule has 2 amide bonds. The van der Waals surface area contributed by atoms with Crippen LogP contribution in [0.4, 0.5) is 0 Å². The minimum Gasteiger partial charge on any atom is -0.451 e. The van der Waals surface area contributed by atoms with Crippen molar-refractivity contribution in [3.63, 3.8) is 0 Å². The third-order valence-electron chi connectivity index (χ3n) is 6.27. The summed E-state index contributed by atoms with van der Waals surface area (Å²) in [7, 11) is -3.95. The summed E-state index contributed by atoms with van der Waals surface area (Å²) in [5.74, 6) is -1.39. The lowest BCUT2D eigenvalue weighted by molar-refractivity contribution is -0.129. The summed E-state index contributed by atoms with van der Waals surface area (Å²) in [5, 5.41) is 6.15. The number of carbonyl (C=O) groups is 3. The lowest BCUT2D eigenvalue weighted by Crippen LogP contribution is -2.53. The summed E-state index contributed by atoms with van der Waals surface area (Å²) < 4.78 is 32.7. The van der Waals surface area contributed by atoms with Crippen molar-refractivity contribution >= 4 is 38.6 Å². The second-order valence-electron chi connectivity index (χ2n) is 10.6. The Balaban J connectivity index is 1.46. The molecule has 1 fully saturated rings. The molecule has 1 saturated heterocycles. The molecular weight excluding hydrogens is 508 g/mol. The van der Waals surface area contributed by atoms with Gasteiger partial charge in [-0.05, 0) is 48.9 Å². The number of furan rings is 1. The summed E-state index contributed by atoms with van der Waals surface area (Å²) in [5.41, 5.74) is 0.244. The number of sulfonamides is 1. The number of amides is 2. The van der Waals surface area contributed by atoms with Gasteiger partial charge in [0.1, 0.15) is 11.6 Å². The first-order valence-electron chi connectivity index (χ1n) is 12.5. The van der Waals surface area contributed by atoms with E-state index in [0.717, 1.165) is 9.69 Å². The molecule has 1 aliphatic rings. The van der Waals surface area contributed by atoms with Crippen LogP contribution in [0.1, 0.15) is 50.6 Å². The molecule has 0 bridgehead atoms. The lowest BCUT2D eigenvalue weighted by atomic mass is 9.87. The maximum atomic E-state index is 13.3. The maximum Gasteiger partial charge on any atom is 0.287 e. The predicted octanol–water partition coefficient (Wildman–Crippen LogP) is 2.90. The summed E-state index contributed by atoms with van der Waals surface area (Å²) in [4.78, 5) is 43.3. The number of fused-ring (bicyclic) bond motifs is 1. The number of aromatic nitrogens is 1. The molecule has 2 aromatic heterocycles. The number of para-hydroxylation sites is 1. The van der Waals surface area contributed by atoms with E-state index in [1.807, 2.05) is 32.9 Å². The van der Waals surface area contributed by atoms with Crippen LogP contribution in [-0.2, 0) is 19.6 Å². The van der Waals surface area contributed by atoms with Crippen molar-refractivity contribution in [2.24, 2.45) is 5.41 Å². The SMILES string of the molecule is CC(C)(C)C[C@H](NC(=O)c1cc2ccccc2o1)C(=O)NC1CCCN(S(=O)(=O)c2ccccn2)CC1=O. The van der Waals surface area contributed by atoms with Crippen LogP contribution < -0.4 is 10.6 Å². The Labute approximate surface area is 221 Å². The summed E-state index contributed by atoms with van der Waals surface area (Å²) in [6.07, 6.45) is 2.34. The highest BCUT2D eigenvalue weighted by atomic mass is 32.2. The van der Waals surface area contributed by atoms with E-state index < -0.39 is 39.7 Å². The zero-order chi connectivity index (χ0) is 27.5. The van der Waals surface area contributed by atoms with E-state index in [-0.39, 0.29) is 35.7 Å². The molecule has 4 rings (SSSR count). The van der Waals surface area contributed by atoms with Gasteiger partial charge in [0, 0.05) is 18.1 Å². The van der Waals surface area contributed by atoms with Crippen LogP contribution in [0.15, 0.2) is 64.2 Å². The zero-order valence-corrected chi connectivity index (χ0v) is 22.5. The Morgan fingerprint density at radius 3 is 2.58 bits per heavy atom. The number of benzene rings is 1. The van der Waals surface area contributed by atoms with Crippen molar-refractivity contribution < 1.29 is 27.2 Å². The monoisotopic (exact) mass is 540 g/mol. The Hall–Kier alpha value is -3.57. The molecule has 2 N–H and O–H groups in total. The van der Waals surface area contributed by atoms with Crippen molar-refractivity contribution in [3.05, 3.63) is 60.5 Å². The third kappa shape index (κ3) is 6.46. The minimum atomic E-state index is -3.95. The normalized spacial score (nSPS) is 18.1. The first kappa shape index (κ1) is 27.5. The molecule has 0 spiro atoms. The fourth-order valence-electron chi connectivity index (χ4n) is 4.40. The molecule has 0 aliphatic carbocycles. The Kier molecular flexibility index (Phi) is 7.98. The molecule has 202 valence electrons. The van der Waals surface area contributed by atoms with Gasteiger partial charge in [-0.15, -0.1) is 0 Å². The number of pyridine rings is 1. The summed E-state index contributed by atoms with van der Waals surface area (Å²) in [6.45, 7) is 5.58. The number of rotatable bonds is 7. The number of Topliss-reactive ketones (excluding diaryl/α,β-unsaturated/α-hetero) is 1. The second kappa shape index (κ2) is 11.0. The predicted molar refractivity (Wildman–Crippen MR) is 141 cm³/mol. The molecule has 3 heterocycles. The van der Waals surface area contributed by atoms with Crippen molar-refractivity contribution in [2.45, 2.75) is 57.1 Å². The number of hydrogen-bond acceptors (Lipinski definition) is 7. The van der Waals surface area contributed by atoms with Gasteiger partial charge >= 0.3 is 0 Å². The topological polar surface area (TPSA) is 139 Å². The number of nitrogens with zero attached hydrogens (tertiary/aromatic N) is 2. The number of carbonyl (C=O) groups excluding carboxylic acids is 3. The molecule has 0 radical (unpaired) electrons. The van der Waals surface area contributed by atoms with Crippen molar-refractivity contribution in [1.82, 2.24) is 19.9 Å². The fourth-order valence-corrected chi connectivity index (χ4v) is 5.78. The average Bonchev–Trinajstić information content (AvgIpc) is 3.22. The Morgan fingerprint density at radius 1 is 1.16 bits per heavy atom. The number of nitrogens with one attached hydrogen (secondary N) is 2.